The fourth-order valence-corrected chi connectivity index (χ4v) is 4.32. The summed E-state index contributed by atoms with van der Waals surface area (Å²) in [5.41, 5.74) is 6.86. The molecule has 0 bridgehead atoms. The monoisotopic (exact) mass is 441 g/mol. The topological polar surface area (TPSA) is 12.5 Å². The van der Waals surface area contributed by atoms with E-state index in [9.17, 15) is 0 Å². The number of benzene rings is 5. The van der Waals surface area contributed by atoms with Crippen molar-refractivity contribution in [1.82, 2.24) is 0 Å². The van der Waals surface area contributed by atoms with Crippen LogP contribution in [0.2, 0.25) is 0 Å². The lowest BCUT2D eigenvalue weighted by atomic mass is 9.98. The van der Waals surface area contributed by atoms with Crippen LogP contribution in [-0.2, 0) is 0 Å². The molecular weight excluding hydrogens is 414 g/mol. The molecule has 0 unspecified atom stereocenters. The third kappa shape index (κ3) is 4.44. The molecule has 2 heteroatoms. The van der Waals surface area contributed by atoms with Crippen LogP contribution in [0.15, 0.2) is 128 Å². The molecule has 0 N–H and O–H groups in total. The first-order chi connectivity index (χ1) is 16.7. The van der Waals surface area contributed by atoms with Gasteiger partial charge < -0.3 is 9.64 Å². The average Bonchev–Trinajstić information content (AvgIpc) is 2.90. The van der Waals surface area contributed by atoms with Gasteiger partial charge in [-0.3, -0.25) is 0 Å². The molecule has 0 spiro atoms. The van der Waals surface area contributed by atoms with Crippen LogP contribution in [0.4, 0.5) is 11.4 Å². The molecule has 0 atom stereocenters. The molecule has 5 rings (SSSR count). The lowest BCUT2D eigenvalue weighted by molar-refractivity contribution is 0.414. The molecule has 0 aliphatic heterocycles. The van der Waals surface area contributed by atoms with Gasteiger partial charge in [0.05, 0.1) is 7.11 Å². The number of nitrogens with zero attached hydrogens (tertiary/aromatic N) is 1. The third-order valence-electron chi connectivity index (χ3n) is 6.10. The van der Waals surface area contributed by atoms with E-state index in [2.05, 4.69) is 133 Å². The number of hydrogen-bond acceptors (Lipinski definition) is 2. The number of ether oxygens (including phenoxy) is 1. The second-order valence-electron chi connectivity index (χ2n) is 8.33. The maximum absolute atomic E-state index is 5.48. The molecule has 0 saturated carbocycles. The number of methoxy groups -OCH3 is 1. The average molecular weight is 442 g/mol. The summed E-state index contributed by atoms with van der Waals surface area (Å²) < 4.78 is 5.48. The van der Waals surface area contributed by atoms with Gasteiger partial charge in [0.1, 0.15) is 5.75 Å². The first-order valence-electron chi connectivity index (χ1n) is 11.5. The van der Waals surface area contributed by atoms with Crippen molar-refractivity contribution >= 4 is 27.7 Å². The van der Waals surface area contributed by atoms with Crippen LogP contribution in [0, 0.1) is 6.92 Å². The van der Waals surface area contributed by atoms with Gasteiger partial charge in [-0.15, -0.1) is 0 Å². The Labute approximate surface area is 201 Å². The summed E-state index contributed by atoms with van der Waals surface area (Å²) in [4.78, 5) is 2.29. The Bertz CT molecular complexity index is 1400. The summed E-state index contributed by atoms with van der Waals surface area (Å²) in [5, 5.41) is 2.44. The molecule has 0 aliphatic carbocycles. The largest absolute Gasteiger partial charge is 0.497 e. The van der Waals surface area contributed by atoms with Crippen molar-refractivity contribution in [3.8, 4) is 5.75 Å². The van der Waals surface area contributed by atoms with Crippen molar-refractivity contribution in [2.45, 2.75) is 6.92 Å². The Hall–Kier alpha value is -4.30. The number of anilines is 2. The van der Waals surface area contributed by atoms with Crippen LogP contribution < -0.4 is 9.64 Å². The van der Waals surface area contributed by atoms with E-state index in [1.165, 1.54) is 21.9 Å². The van der Waals surface area contributed by atoms with E-state index >= 15 is 0 Å². The summed E-state index contributed by atoms with van der Waals surface area (Å²) >= 11 is 0. The predicted molar refractivity (Wildman–Crippen MR) is 144 cm³/mol. The van der Waals surface area contributed by atoms with Crippen LogP contribution >= 0.6 is 0 Å². The Balaban J connectivity index is 1.74. The van der Waals surface area contributed by atoms with E-state index in [0.717, 1.165) is 28.3 Å². The number of fused-ring (bicyclic) bond motifs is 1. The summed E-state index contributed by atoms with van der Waals surface area (Å²) in [5.74, 6) is 0.857. The smallest absolute Gasteiger partial charge is 0.119 e. The van der Waals surface area contributed by atoms with E-state index in [1.54, 1.807) is 7.11 Å². The zero-order chi connectivity index (χ0) is 23.3. The van der Waals surface area contributed by atoms with E-state index < -0.39 is 0 Å². The standard InChI is InChI=1S/C32H27NO/c1-24-21-30(34-2)19-20-32(24)33(29-18-17-25-11-9-10-16-28(25)22-29)23-31(26-12-5-3-6-13-26)27-14-7-4-8-15-27/h3-23H,1-2H3. The zero-order valence-corrected chi connectivity index (χ0v) is 19.5. The molecule has 0 amide bonds. The van der Waals surface area contributed by atoms with Gasteiger partial charge in [-0.2, -0.15) is 0 Å². The van der Waals surface area contributed by atoms with Gasteiger partial charge in [0, 0.05) is 23.1 Å². The van der Waals surface area contributed by atoms with E-state index in [0.29, 0.717) is 0 Å². The van der Waals surface area contributed by atoms with Crippen LogP contribution in [0.5, 0.6) is 5.75 Å². The summed E-state index contributed by atoms with van der Waals surface area (Å²) in [6.07, 6.45) is 2.25. The van der Waals surface area contributed by atoms with Crippen molar-refractivity contribution in [2.75, 3.05) is 12.0 Å². The highest BCUT2D eigenvalue weighted by molar-refractivity contribution is 5.89. The lowest BCUT2D eigenvalue weighted by Gasteiger charge is -2.25. The maximum Gasteiger partial charge on any atom is 0.119 e. The van der Waals surface area contributed by atoms with Crippen molar-refractivity contribution in [3.63, 3.8) is 0 Å². The molecule has 0 fully saturated rings. The SMILES string of the molecule is COc1ccc(N(C=C(c2ccccc2)c2ccccc2)c2ccc3ccccc3c2)c(C)c1. The van der Waals surface area contributed by atoms with Crippen LogP contribution in [-0.4, -0.2) is 7.11 Å². The Kier molecular flexibility index (Phi) is 6.13. The van der Waals surface area contributed by atoms with Crippen LogP contribution in [0.3, 0.4) is 0 Å². The van der Waals surface area contributed by atoms with Crippen molar-refractivity contribution in [1.29, 1.82) is 0 Å². The molecule has 0 saturated heterocycles. The normalized spacial score (nSPS) is 10.6. The fraction of sp³-hybridized carbons (Fsp3) is 0.0625. The number of aryl methyl sites for hydroxylation is 1. The van der Waals surface area contributed by atoms with Crippen LogP contribution in [0.25, 0.3) is 16.3 Å². The third-order valence-corrected chi connectivity index (χ3v) is 6.10. The highest BCUT2D eigenvalue weighted by atomic mass is 16.5. The Morgan fingerprint density at radius 3 is 1.88 bits per heavy atom. The minimum absolute atomic E-state index is 0.857. The summed E-state index contributed by atoms with van der Waals surface area (Å²) in [6, 6.07) is 42.5. The van der Waals surface area contributed by atoms with Gasteiger partial charge in [-0.25, -0.2) is 0 Å². The van der Waals surface area contributed by atoms with E-state index in [1.807, 2.05) is 6.07 Å². The van der Waals surface area contributed by atoms with Gasteiger partial charge >= 0.3 is 0 Å². The number of rotatable bonds is 6. The molecule has 0 radical (unpaired) electrons. The lowest BCUT2D eigenvalue weighted by Crippen LogP contribution is -2.12. The first kappa shape index (κ1) is 21.5. The van der Waals surface area contributed by atoms with Crippen LogP contribution in [0.1, 0.15) is 16.7 Å². The number of hydrogen-bond donors (Lipinski definition) is 0. The quantitative estimate of drug-likeness (QED) is 0.262. The highest BCUT2D eigenvalue weighted by Gasteiger charge is 2.15. The first-order valence-corrected chi connectivity index (χ1v) is 11.5. The van der Waals surface area contributed by atoms with Gasteiger partial charge in [0.2, 0.25) is 0 Å². The molecule has 0 aromatic heterocycles. The molecule has 2 nitrogen and oxygen atoms in total. The molecule has 0 aliphatic rings. The summed E-state index contributed by atoms with van der Waals surface area (Å²) in [6.45, 7) is 2.13. The van der Waals surface area contributed by atoms with Gasteiger partial charge in [0.25, 0.3) is 0 Å². The molecular formula is C32H27NO. The molecule has 166 valence electrons. The molecule has 5 aromatic carbocycles. The maximum atomic E-state index is 5.48. The Morgan fingerprint density at radius 2 is 1.26 bits per heavy atom. The van der Waals surface area contributed by atoms with Crippen molar-refractivity contribution < 1.29 is 4.74 Å². The predicted octanol–water partition coefficient (Wildman–Crippen LogP) is 8.38. The zero-order valence-electron chi connectivity index (χ0n) is 19.5. The van der Waals surface area contributed by atoms with Crippen molar-refractivity contribution in [3.05, 3.63) is 144 Å². The minimum atomic E-state index is 0.857. The highest BCUT2D eigenvalue weighted by Crippen LogP contribution is 2.35. The van der Waals surface area contributed by atoms with E-state index in [-0.39, 0.29) is 0 Å². The summed E-state index contributed by atoms with van der Waals surface area (Å²) in [7, 11) is 1.71. The van der Waals surface area contributed by atoms with Gasteiger partial charge in [-0.1, -0.05) is 91.0 Å². The van der Waals surface area contributed by atoms with E-state index in [4.69, 9.17) is 4.74 Å². The molecule has 5 aromatic rings. The molecule has 34 heavy (non-hydrogen) atoms. The fourth-order valence-electron chi connectivity index (χ4n) is 4.32. The van der Waals surface area contributed by atoms with Crippen molar-refractivity contribution in [2.24, 2.45) is 0 Å². The Morgan fingerprint density at radius 1 is 0.647 bits per heavy atom. The van der Waals surface area contributed by atoms with Gasteiger partial charge in [0.15, 0.2) is 0 Å². The molecule has 0 heterocycles. The second kappa shape index (κ2) is 9.68. The second-order valence-corrected chi connectivity index (χ2v) is 8.33. The minimum Gasteiger partial charge on any atom is -0.497 e. The van der Waals surface area contributed by atoms with Gasteiger partial charge in [-0.05, 0) is 64.7 Å².